The summed E-state index contributed by atoms with van der Waals surface area (Å²) >= 11 is 5.80. The fourth-order valence-electron chi connectivity index (χ4n) is 5.10. The molecule has 0 aromatic carbocycles. The summed E-state index contributed by atoms with van der Waals surface area (Å²) in [5.74, 6) is 3.02. The molecule has 5 heteroatoms. The second kappa shape index (κ2) is 4.87. The molecule has 4 bridgehead atoms. The van der Waals surface area contributed by atoms with Gasteiger partial charge in [0.15, 0.2) is 0 Å². The number of hydrogen-bond acceptors (Lipinski definition) is 2. The van der Waals surface area contributed by atoms with Gasteiger partial charge in [0.1, 0.15) is 5.82 Å². The van der Waals surface area contributed by atoms with Crippen molar-refractivity contribution in [3.05, 3.63) is 23.4 Å². The summed E-state index contributed by atoms with van der Waals surface area (Å²) in [7, 11) is 0. The lowest BCUT2D eigenvalue weighted by molar-refractivity contribution is -0.0127. The molecule has 2 amide bonds. The number of urea groups is 1. The topological polar surface area (TPSA) is 54.0 Å². The first-order chi connectivity index (χ1) is 10.1. The summed E-state index contributed by atoms with van der Waals surface area (Å²) in [6.45, 7) is 0. The van der Waals surface area contributed by atoms with Gasteiger partial charge in [-0.1, -0.05) is 11.6 Å². The first-order valence-electron chi connectivity index (χ1n) is 7.81. The molecule has 0 spiro atoms. The van der Waals surface area contributed by atoms with Crippen molar-refractivity contribution in [1.29, 1.82) is 0 Å². The van der Waals surface area contributed by atoms with Gasteiger partial charge >= 0.3 is 6.03 Å². The largest absolute Gasteiger partial charge is 0.332 e. The molecule has 0 unspecified atom stereocenters. The number of aromatic nitrogens is 1. The summed E-state index contributed by atoms with van der Waals surface area (Å²) in [6.07, 6.45) is 9.13. The highest BCUT2D eigenvalue weighted by atomic mass is 35.5. The molecule has 4 nitrogen and oxygen atoms in total. The lowest BCUT2D eigenvalue weighted by Gasteiger charge is -2.56. The van der Waals surface area contributed by atoms with E-state index in [9.17, 15) is 4.79 Å². The number of nitrogens with zero attached hydrogens (tertiary/aromatic N) is 1. The molecule has 0 saturated heterocycles. The van der Waals surface area contributed by atoms with Crippen LogP contribution >= 0.6 is 11.6 Å². The Kier molecular flexibility index (Phi) is 3.10. The number of amides is 2. The van der Waals surface area contributed by atoms with Crippen LogP contribution in [0.2, 0.25) is 5.02 Å². The fraction of sp³-hybridized carbons (Fsp3) is 0.625. The Hall–Kier alpha value is -1.29. The second-order valence-electron chi connectivity index (χ2n) is 7.14. The van der Waals surface area contributed by atoms with Crippen LogP contribution in [0.4, 0.5) is 10.6 Å². The normalized spacial score (nSPS) is 36.5. The zero-order chi connectivity index (χ0) is 14.4. The molecule has 0 aliphatic heterocycles. The average molecular weight is 306 g/mol. The lowest BCUT2D eigenvalue weighted by Crippen LogP contribution is -2.60. The molecule has 4 aliphatic rings. The van der Waals surface area contributed by atoms with Crippen LogP contribution in [-0.4, -0.2) is 16.6 Å². The van der Waals surface area contributed by atoms with Crippen LogP contribution in [0, 0.1) is 17.8 Å². The summed E-state index contributed by atoms with van der Waals surface area (Å²) in [6, 6.07) is 3.32. The molecule has 1 aromatic heterocycles. The summed E-state index contributed by atoms with van der Waals surface area (Å²) in [5, 5.41) is 6.66. The number of hydrogen-bond donors (Lipinski definition) is 2. The minimum absolute atomic E-state index is 0.0330. The highest BCUT2D eigenvalue weighted by Crippen LogP contribution is 2.55. The maximum atomic E-state index is 12.3. The highest BCUT2D eigenvalue weighted by molar-refractivity contribution is 6.30. The third-order valence-electron chi connectivity index (χ3n) is 5.39. The Morgan fingerprint density at radius 1 is 1.14 bits per heavy atom. The van der Waals surface area contributed by atoms with Crippen LogP contribution in [-0.2, 0) is 0 Å². The Morgan fingerprint density at radius 3 is 2.29 bits per heavy atom. The number of anilines is 1. The molecular formula is C16H20ClN3O. The van der Waals surface area contributed by atoms with Crippen LogP contribution in [0.3, 0.4) is 0 Å². The van der Waals surface area contributed by atoms with Crippen molar-refractivity contribution in [2.24, 2.45) is 17.8 Å². The molecule has 1 aromatic rings. The van der Waals surface area contributed by atoms with E-state index in [4.69, 9.17) is 11.6 Å². The van der Waals surface area contributed by atoms with Gasteiger partial charge in [-0.15, -0.1) is 0 Å². The Balaban J connectivity index is 1.43. The molecule has 0 radical (unpaired) electrons. The van der Waals surface area contributed by atoms with Crippen LogP contribution in [0.5, 0.6) is 0 Å². The maximum Gasteiger partial charge on any atom is 0.320 e. The zero-order valence-electron chi connectivity index (χ0n) is 11.9. The van der Waals surface area contributed by atoms with E-state index in [-0.39, 0.29) is 11.6 Å². The smallest absolute Gasteiger partial charge is 0.320 e. The van der Waals surface area contributed by atoms with E-state index in [2.05, 4.69) is 15.6 Å². The predicted molar refractivity (Wildman–Crippen MR) is 82.3 cm³/mol. The van der Waals surface area contributed by atoms with Crippen molar-refractivity contribution >= 4 is 23.4 Å². The van der Waals surface area contributed by atoms with Gasteiger partial charge in [-0.2, -0.15) is 0 Å². The summed E-state index contributed by atoms with van der Waals surface area (Å²) < 4.78 is 0. The van der Waals surface area contributed by atoms with Crippen LogP contribution in [0.25, 0.3) is 0 Å². The molecule has 21 heavy (non-hydrogen) atoms. The summed E-state index contributed by atoms with van der Waals surface area (Å²) in [4.78, 5) is 16.4. The van der Waals surface area contributed by atoms with Gasteiger partial charge in [0.25, 0.3) is 0 Å². The number of rotatable bonds is 2. The molecule has 2 N–H and O–H groups in total. The SMILES string of the molecule is O=C(Nc1ccc(Cl)cn1)NC12CC3CC(CC(C3)C1)C2. The van der Waals surface area contributed by atoms with E-state index in [1.807, 2.05) is 0 Å². The van der Waals surface area contributed by atoms with E-state index in [0.717, 1.165) is 37.0 Å². The van der Waals surface area contributed by atoms with E-state index in [1.54, 1.807) is 18.3 Å². The van der Waals surface area contributed by atoms with Crippen molar-refractivity contribution < 1.29 is 4.79 Å². The van der Waals surface area contributed by atoms with Gasteiger partial charge in [-0.05, 0) is 68.4 Å². The average Bonchev–Trinajstić information content (AvgIpc) is 2.39. The number of nitrogens with one attached hydrogen (secondary N) is 2. The molecule has 4 fully saturated rings. The van der Waals surface area contributed by atoms with Gasteiger partial charge in [0, 0.05) is 11.7 Å². The standard InChI is InChI=1S/C16H20ClN3O/c17-13-1-2-14(18-9-13)19-15(21)20-16-6-10-3-11(7-16)5-12(4-10)8-16/h1-2,9-12H,3-8H2,(H2,18,19,20,21). The lowest BCUT2D eigenvalue weighted by atomic mass is 9.53. The minimum atomic E-state index is -0.133. The van der Waals surface area contributed by atoms with E-state index in [1.165, 1.54) is 19.3 Å². The Bertz CT molecular complexity index is 522. The van der Waals surface area contributed by atoms with Gasteiger partial charge in [-0.3, -0.25) is 5.32 Å². The first-order valence-corrected chi connectivity index (χ1v) is 8.19. The van der Waals surface area contributed by atoms with Crippen molar-refractivity contribution in [2.75, 3.05) is 5.32 Å². The molecule has 4 saturated carbocycles. The zero-order valence-corrected chi connectivity index (χ0v) is 12.7. The minimum Gasteiger partial charge on any atom is -0.332 e. The molecule has 0 atom stereocenters. The molecule has 5 rings (SSSR count). The van der Waals surface area contributed by atoms with Gasteiger partial charge in [0.2, 0.25) is 0 Å². The first kappa shape index (κ1) is 13.4. The second-order valence-corrected chi connectivity index (χ2v) is 7.58. The summed E-state index contributed by atoms with van der Waals surface area (Å²) in [5.41, 5.74) is 0.0330. The van der Waals surface area contributed by atoms with E-state index in [0.29, 0.717) is 10.8 Å². The monoisotopic (exact) mass is 305 g/mol. The van der Waals surface area contributed by atoms with Gasteiger partial charge in [0.05, 0.1) is 5.02 Å². The van der Waals surface area contributed by atoms with Crippen LogP contribution < -0.4 is 10.6 Å². The third-order valence-corrected chi connectivity index (χ3v) is 5.61. The molecular weight excluding hydrogens is 286 g/mol. The number of halogens is 1. The van der Waals surface area contributed by atoms with Crippen molar-refractivity contribution in [3.8, 4) is 0 Å². The maximum absolute atomic E-state index is 12.3. The van der Waals surface area contributed by atoms with Crippen molar-refractivity contribution in [3.63, 3.8) is 0 Å². The van der Waals surface area contributed by atoms with E-state index >= 15 is 0 Å². The van der Waals surface area contributed by atoms with Crippen LogP contribution in [0.15, 0.2) is 18.3 Å². The number of carbonyl (C=O) groups is 1. The fourth-order valence-corrected chi connectivity index (χ4v) is 5.21. The van der Waals surface area contributed by atoms with Crippen molar-refractivity contribution in [2.45, 2.75) is 44.1 Å². The van der Waals surface area contributed by atoms with Gasteiger partial charge in [-0.25, -0.2) is 9.78 Å². The highest BCUT2D eigenvalue weighted by Gasteiger charge is 2.51. The van der Waals surface area contributed by atoms with E-state index < -0.39 is 0 Å². The molecule has 112 valence electrons. The molecule has 1 heterocycles. The van der Waals surface area contributed by atoms with Crippen LogP contribution in [0.1, 0.15) is 38.5 Å². The predicted octanol–water partition coefficient (Wildman–Crippen LogP) is 3.83. The Morgan fingerprint density at radius 2 is 1.76 bits per heavy atom. The number of carbonyl (C=O) groups excluding carboxylic acids is 1. The van der Waals surface area contributed by atoms with Crippen molar-refractivity contribution in [1.82, 2.24) is 10.3 Å². The van der Waals surface area contributed by atoms with Gasteiger partial charge < -0.3 is 5.32 Å². The quantitative estimate of drug-likeness (QED) is 0.872. The molecule has 4 aliphatic carbocycles. The third kappa shape index (κ3) is 2.61. The number of pyridine rings is 1. The Labute approximate surface area is 129 Å².